The van der Waals surface area contributed by atoms with Crippen LogP contribution in [0.2, 0.25) is 0 Å². The van der Waals surface area contributed by atoms with Crippen LogP contribution in [-0.2, 0) is 10.0 Å². The summed E-state index contributed by atoms with van der Waals surface area (Å²) in [5.41, 5.74) is 0.534. The normalized spacial score (nSPS) is 20.9. The third kappa shape index (κ3) is 4.88. The van der Waals surface area contributed by atoms with Crippen molar-refractivity contribution in [1.29, 1.82) is 0 Å². The number of rotatable bonds is 4. The minimum atomic E-state index is -3.91. The zero-order valence-electron chi connectivity index (χ0n) is 12.4. The van der Waals surface area contributed by atoms with E-state index in [0.29, 0.717) is 29.7 Å². The van der Waals surface area contributed by atoms with E-state index >= 15 is 0 Å². The number of hydrogen-bond acceptors (Lipinski definition) is 5. The molecule has 1 aromatic carbocycles. The molecule has 5 N–H and O–H groups in total. The van der Waals surface area contributed by atoms with Crippen LogP contribution in [-0.4, -0.2) is 45.2 Å². The number of sulfonamides is 1. The average molecular weight is 429 g/mol. The largest absolute Gasteiger partial charge is 0.391 e. The number of carbonyl (C=O) groups excluding carboxylic acids is 1. The molecule has 0 aromatic heterocycles. The van der Waals surface area contributed by atoms with E-state index in [1.165, 1.54) is 13.0 Å². The lowest BCUT2D eigenvalue weighted by atomic mass is 10.1. The van der Waals surface area contributed by atoms with Gasteiger partial charge < -0.3 is 15.7 Å². The van der Waals surface area contributed by atoms with Gasteiger partial charge in [-0.2, -0.15) is 0 Å². The van der Waals surface area contributed by atoms with Gasteiger partial charge in [0, 0.05) is 35.6 Å². The highest BCUT2D eigenvalue weighted by molar-refractivity contribution is 9.10. The number of carbonyl (C=O) groups is 1. The maximum absolute atomic E-state index is 12.3. The molecule has 0 spiro atoms. The summed E-state index contributed by atoms with van der Waals surface area (Å²) >= 11 is 3.18. The van der Waals surface area contributed by atoms with Gasteiger partial charge in [0.05, 0.1) is 11.0 Å². The Morgan fingerprint density at radius 2 is 2.13 bits per heavy atom. The van der Waals surface area contributed by atoms with Gasteiger partial charge in [0.25, 0.3) is 5.91 Å². The fourth-order valence-corrected chi connectivity index (χ4v) is 3.87. The van der Waals surface area contributed by atoms with Crippen LogP contribution in [0.5, 0.6) is 0 Å². The Hall–Kier alpha value is -0.710. The van der Waals surface area contributed by atoms with Crippen LogP contribution in [0.15, 0.2) is 21.5 Å². The van der Waals surface area contributed by atoms with Gasteiger partial charge in [-0.15, -0.1) is 12.4 Å². The van der Waals surface area contributed by atoms with Crippen molar-refractivity contribution in [2.45, 2.75) is 17.9 Å². The number of nitrogens with two attached hydrogens (primary N) is 1. The topological polar surface area (TPSA) is 122 Å². The second kappa shape index (κ2) is 7.91. The van der Waals surface area contributed by atoms with Gasteiger partial charge in [-0.05, 0) is 24.6 Å². The van der Waals surface area contributed by atoms with Crippen molar-refractivity contribution in [2.24, 2.45) is 11.1 Å². The molecular weight excluding hydrogens is 410 g/mol. The third-order valence-electron chi connectivity index (χ3n) is 3.70. The number of nitrogens with one attached hydrogen (secondary N) is 2. The quantitative estimate of drug-likeness (QED) is 0.543. The Morgan fingerprint density at radius 1 is 1.48 bits per heavy atom. The third-order valence-corrected chi connectivity index (χ3v) is 5.20. The van der Waals surface area contributed by atoms with E-state index in [-0.39, 0.29) is 28.8 Å². The van der Waals surface area contributed by atoms with Gasteiger partial charge in [0.15, 0.2) is 0 Å². The molecule has 1 aliphatic rings. The Labute approximate surface area is 149 Å². The lowest BCUT2D eigenvalue weighted by Crippen LogP contribution is -2.34. The first-order valence-corrected chi connectivity index (χ1v) is 9.04. The predicted molar refractivity (Wildman–Crippen MR) is 92.2 cm³/mol. The number of β-amino-alcohol motifs (C(OH)–C–C–N with tert-alkyl or cyclic N) is 1. The molecule has 1 aliphatic heterocycles. The molecule has 1 aromatic rings. The highest BCUT2D eigenvalue weighted by atomic mass is 79.9. The van der Waals surface area contributed by atoms with E-state index in [1.54, 1.807) is 6.07 Å². The van der Waals surface area contributed by atoms with Crippen LogP contribution in [0.3, 0.4) is 0 Å². The number of primary sulfonamides is 1. The molecule has 0 aliphatic carbocycles. The summed E-state index contributed by atoms with van der Waals surface area (Å²) in [5.74, 6) is -0.461. The summed E-state index contributed by atoms with van der Waals surface area (Å²) in [4.78, 5) is 12.2. The predicted octanol–water partition coefficient (Wildman–Crippen LogP) is 0.137. The van der Waals surface area contributed by atoms with Crippen molar-refractivity contribution in [3.63, 3.8) is 0 Å². The highest BCUT2D eigenvalue weighted by Gasteiger charge is 2.26. The lowest BCUT2D eigenvalue weighted by molar-refractivity contribution is 0.0926. The number of benzene rings is 1. The summed E-state index contributed by atoms with van der Waals surface area (Å²) in [6, 6.07) is 2.91. The summed E-state index contributed by atoms with van der Waals surface area (Å²) in [7, 11) is -3.91. The lowest BCUT2D eigenvalue weighted by Gasteiger charge is -2.16. The second-order valence-electron chi connectivity index (χ2n) is 5.32. The molecular formula is C13H19BrClN3O4S. The summed E-state index contributed by atoms with van der Waals surface area (Å²) < 4.78 is 23.6. The summed E-state index contributed by atoms with van der Waals surface area (Å²) in [5, 5.41) is 20.6. The molecule has 0 radical (unpaired) electrons. The molecule has 7 nitrogen and oxygen atoms in total. The monoisotopic (exact) mass is 427 g/mol. The molecule has 10 heteroatoms. The highest BCUT2D eigenvalue weighted by Crippen LogP contribution is 2.24. The van der Waals surface area contributed by atoms with Crippen LogP contribution in [0, 0.1) is 12.8 Å². The Morgan fingerprint density at radius 3 is 2.65 bits per heavy atom. The van der Waals surface area contributed by atoms with Crippen molar-refractivity contribution in [3.05, 3.63) is 27.7 Å². The van der Waals surface area contributed by atoms with E-state index in [9.17, 15) is 18.3 Å². The fraction of sp³-hybridized carbons (Fsp3) is 0.462. The summed E-state index contributed by atoms with van der Waals surface area (Å²) in [6.45, 7) is 2.98. The molecule has 0 saturated carbocycles. The van der Waals surface area contributed by atoms with E-state index in [2.05, 4.69) is 26.6 Å². The van der Waals surface area contributed by atoms with Crippen LogP contribution < -0.4 is 15.8 Å². The minimum absolute atomic E-state index is 0. The second-order valence-corrected chi connectivity index (χ2v) is 7.76. The first-order valence-electron chi connectivity index (χ1n) is 6.70. The van der Waals surface area contributed by atoms with Gasteiger partial charge in [0.2, 0.25) is 10.0 Å². The number of amides is 1. The first kappa shape index (κ1) is 20.3. The molecule has 1 heterocycles. The molecule has 2 unspecified atom stereocenters. The van der Waals surface area contributed by atoms with Crippen molar-refractivity contribution in [3.8, 4) is 0 Å². The zero-order chi connectivity index (χ0) is 16.5. The Bertz CT molecular complexity index is 699. The number of aliphatic hydroxyl groups is 1. The van der Waals surface area contributed by atoms with E-state index in [4.69, 9.17) is 5.14 Å². The minimum Gasteiger partial charge on any atom is -0.391 e. The Kier molecular flexibility index (Phi) is 6.99. The van der Waals surface area contributed by atoms with Gasteiger partial charge in [-0.3, -0.25) is 4.79 Å². The maximum atomic E-state index is 12.3. The molecule has 2 atom stereocenters. The number of hydrogen-bond donors (Lipinski definition) is 4. The van der Waals surface area contributed by atoms with Gasteiger partial charge >= 0.3 is 0 Å². The molecule has 1 amide bonds. The van der Waals surface area contributed by atoms with Crippen LogP contribution in [0.4, 0.5) is 0 Å². The number of halogens is 2. The van der Waals surface area contributed by atoms with E-state index < -0.39 is 22.0 Å². The van der Waals surface area contributed by atoms with E-state index in [0.717, 1.165) is 0 Å². The fourth-order valence-electron chi connectivity index (χ4n) is 2.43. The number of aliphatic hydroxyl groups excluding tert-OH is 1. The van der Waals surface area contributed by atoms with Crippen molar-refractivity contribution in [1.82, 2.24) is 10.6 Å². The van der Waals surface area contributed by atoms with Crippen molar-refractivity contribution >= 4 is 44.3 Å². The molecule has 1 saturated heterocycles. The molecule has 1 fully saturated rings. The van der Waals surface area contributed by atoms with Crippen molar-refractivity contribution < 1.29 is 18.3 Å². The van der Waals surface area contributed by atoms with Crippen LogP contribution in [0.25, 0.3) is 0 Å². The van der Waals surface area contributed by atoms with E-state index in [1.807, 2.05) is 0 Å². The molecule has 23 heavy (non-hydrogen) atoms. The molecule has 0 bridgehead atoms. The first-order chi connectivity index (χ1) is 10.2. The van der Waals surface area contributed by atoms with Gasteiger partial charge in [-0.25, -0.2) is 13.6 Å². The van der Waals surface area contributed by atoms with Crippen LogP contribution >= 0.6 is 28.3 Å². The van der Waals surface area contributed by atoms with Crippen molar-refractivity contribution in [2.75, 3.05) is 19.6 Å². The van der Waals surface area contributed by atoms with Gasteiger partial charge in [0.1, 0.15) is 0 Å². The maximum Gasteiger partial charge on any atom is 0.251 e. The van der Waals surface area contributed by atoms with Gasteiger partial charge in [-0.1, -0.05) is 15.9 Å². The standard InChI is InChI=1S/C13H18BrN3O4S.ClH/c1-7-10(2-9(14)3-12(7)22(15,20)21)13(19)17-5-8-4-16-6-11(8)18;/h2-3,8,11,16,18H,4-6H2,1H3,(H,17,19)(H2,15,20,21);1H. The molecule has 130 valence electrons. The van der Waals surface area contributed by atoms with Crippen LogP contribution in [0.1, 0.15) is 15.9 Å². The molecule has 2 rings (SSSR count). The summed E-state index contributed by atoms with van der Waals surface area (Å²) in [6.07, 6.45) is -0.496. The average Bonchev–Trinajstić information content (AvgIpc) is 2.82. The SMILES string of the molecule is Cc1c(C(=O)NCC2CNCC2O)cc(Br)cc1S(N)(=O)=O.Cl. The zero-order valence-corrected chi connectivity index (χ0v) is 15.6. The Balaban J connectivity index is 0.00000264. The smallest absolute Gasteiger partial charge is 0.251 e.